The number of aliphatic hydroxyl groups is 1. The number of hydrogen-bond donors (Lipinski definition) is 2. The zero-order chi connectivity index (χ0) is 21.0. The van der Waals surface area contributed by atoms with Gasteiger partial charge in [0.25, 0.3) is 0 Å². The molecule has 3 rings (SSSR count). The van der Waals surface area contributed by atoms with E-state index in [1.54, 1.807) is 12.1 Å². The van der Waals surface area contributed by atoms with Crippen molar-refractivity contribution in [2.75, 3.05) is 34.4 Å². The van der Waals surface area contributed by atoms with Gasteiger partial charge in [0, 0.05) is 23.6 Å². The van der Waals surface area contributed by atoms with E-state index >= 15 is 0 Å². The number of carbonyl (C=O) groups excluding carboxylic acids is 1. The number of aliphatic hydroxyl groups excluding tert-OH is 1. The third kappa shape index (κ3) is 4.13. The number of hydrogen-bond acceptors (Lipinski definition) is 6. The maximum atomic E-state index is 13.0. The largest absolute Gasteiger partial charge is 0.507 e. The van der Waals surface area contributed by atoms with Gasteiger partial charge in [-0.2, -0.15) is 0 Å². The highest BCUT2D eigenvalue weighted by Gasteiger charge is 2.37. The van der Waals surface area contributed by atoms with Crippen molar-refractivity contribution >= 4 is 11.9 Å². The van der Waals surface area contributed by atoms with Crippen LogP contribution in [0.2, 0.25) is 0 Å². The Hall–Kier alpha value is -2.83. The molecule has 0 saturated carbocycles. The smallest absolute Gasteiger partial charge is 0.193 e. The van der Waals surface area contributed by atoms with Crippen molar-refractivity contribution in [2.45, 2.75) is 18.4 Å². The summed E-state index contributed by atoms with van der Waals surface area (Å²) in [4.78, 5) is 15.0. The van der Waals surface area contributed by atoms with Crippen molar-refractivity contribution < 1.29 is 24.5 Å². The van der Waals surface area contributed by atoms with Crippen LogP contribution in [0, 0.1) is 0 Å². The molecule has 2 N–H and O–H groups in total. The molecule has 0 radical (unpaired) electrons. The predicted molar refractivity (Wildman–Crippen MR) is 112 cm³/mol. The number of ketones is 1. The number of carbonyl (C=O) groups is 1. The third-order valence-electron chi connectivity index (χ3n) is 5.56. The van der Waals surface area contributed by atoms with Crippen LogP contribution in [0.3, 0.4) is 0 Å². The molecule has 0 bridgehead atoms. The molecule has 0 spiro atoms. The minimum atomic E-state index is -0.362. The Labute approximate surface area is 171 Å². The standard InChI is InChI=1S/C23H27NO5/c1-24-12-11-16(17(24)14-25)21-19(28-2)13-20(29-3)22(23(21)27)18(26)10-9-15-7-5-4-6-8-15/h4-10,13,16-17,25,27H,11-12,14H2,1-3H3/b10-9+. The molecular weight excluding hydrogens is 370 g/mol. The van der Waals surface area contributed by atoms with Gasteiger partial charge in [-0.1, -0.05) is 36.4 Å². The Morgan fingerprint density at radius 2 is 1.90 bits per heavy atom. The fourth-order valence-electron chi connectivity index (χ4n) is 3.99. The van der Waals surface area contributed by atoms with E-state index in [1.165, 1.54) is 20.3 Å². The summed E-state index contributed by atoms with van der Waals surface area (Å²) in [5.74, 6) is 0.0246. The number of benzene rings is 2. The van der Waals surface area contributed by atoms with E-state index in [0.29, 0.717) is 11.3 Å². The SMILES string of the molecule is COc1cc(OC)c(C2CCN(C)C2CO)c(O)c1C(=O)/C=C/c1ccccc1. The first-order valence-electron chi connectivity index (χ1n) is 9.58. The highest BCUT2D eigenvalue weighted by molar-refractivity contribution is 6.11. The number of ether oxygens (including phenoxy) is 2. The van der Waals surface area contributed by atoms with Gasteiger partial charge < -0.3 is 24.6 Å². The second-order valence-corrected chi connectivity index (χ2v) is 7.15. The number of likely N-dealkylation sites (tertiary alicyclic amines) is 1. The van der Waals surface area contributed by atoms with Crippen LogP contribution in [0.15, 0.2) is 42.5 Å². The Kier molecular flexibility index (Phi) is 6.56. The third-order valence-corrected chi connectivity index (χ3v) is 5.56. The highest BCUT2D eigenvalue weighted by Crippen LogP contribution is 2.47. The van der Waals surface area contributed by atoms with Crippen molar-refractivity contribution in [1.82, 2.24) is 4.90 Å². The minimum Gasteiger partial charge on any atom is -0.507 e. The molecule has 1 heterocycles. The second kappa shape index (κ2) is 9.11. The van der Waals surface area contributed by atoms with Gasteiger partial charge >= 0.3 is 0 Å². The molecule has 1 aliphatic rings. The zero-order valence-electron chi connectivity index (χ0n) is 17.0. The van der Waals surface area contributed by atoms with E-state index < -0.39 is 0 Å². The molecule has 1 saturated heterocycles. The molecule has 2 aromatic carbocycles. The summed E-state index contributed by atoms with van der Waals surface area (Å²) in [6.07, 6.45) is 3.86. The lowest BCUT2D eigenvalue weighted by Gasteiger charge is -2.26. The number of phenols is 1. The van der Waals surface area contributed by atoms with Crippen molar-refractivity contribution in [3.63, 3.8) is 0 Å². The van der Waals surface area contributed by atoms with Crippen LogP contribution in [-0.2, 0) is 0 Å². The van der Waals surface area contributed by atoms with Crippen LogP contribution in [-0.4, -0.2) is 61.4 Å². The number of rotatable bonds is 7. The number of phenolic OH excluding ortho intramolecular Hbond substituents is 1. The molecule has 154 valence electrons. The first-order valence-corrected chi connectivity index (χ1v) is 9.58. The minimum absolute atomic E-state index is 0.0486. The van der Waals surface area contributed by atoms with E-state index in [2.05, 4.69) is 0 Å². The fraction of sp³-hybridized carbons (Fsp3) is 0.348. The monoisotopic (exact) mass is 397 g/mol. The predicted octanol–water partition coefficient (Wildman–Crippen LogP) is 3.09. The van der Waals surface area contributed by atoms with E-state index in [9.17, 15) is 15.0 Å². The topological polar surface area (TPSA) is 79.2 Å². The Balaban J connectivity index is 2.07. The maximum Gasteiger partial charge on any atom is 0.193 e. The molecule has 6 nitrogen and oxygen atoms in total. The van der Waals surface area contributed by atoms with E-state index in [0.717, 1.165) is 18.5 Å². The molecule has 1 aliphatic heterocycles. The normalized spacial score (nSPS) is 19.6. The summed E-state index contributed by atoms with van der Waals surface area (Å²) < 4.78 is 10.9. The molecule has 0 aromatic heterocycles. The first kappa shape index (κ1) is 20.9. The van der Waals surface area contributed by atoms with Crippen LogP contribution < -0.4 is 9.47 Å². The summed E-state index contributed by atoms with van der Waals surface area (Å²) >= 11 is 0. The Morgan fingerprint density at radius 3 is 2.52 bits per heavy atom. The van der Waals surface area contributed by atoms with Gasteiger partial charge in [0.15, 0.2) is 5.78 Å². The van der Waals surface area contributed by atoms with Gasteiger partial charge in [-0.3, -0.25) is 4.79 Å². The quantitative estimate of drug-likeness (QED) is 0.552. The number of nitrogens with zero attached hydrogens (tertiary/aromatic N) is 1. The van der Waals surface area contributed by atoms with Crippen molar-refractivity contribution in [3.8, 4) is 17.2 Å². The van der Waals surface area contributed by atoms with Gasteiger partial charge in [-0.15, -0.1) is 0 Å². The summed E-state index contributed by atoms with van der Waals surface area (Å²) in [7, 11) is 4.90. The van der Waals surface area contributed by atoms with Crippen LogP contribution in [0.5, 0.6) is 17.2 Å². The van der Waals surface area contributed by atoms with Crippen molar-refractivity contribution in [1.29, 1.82) is 0 Å². The van der Waals surface area contributed by atoms with Crippen LogP contribution in [0.1, 0.15) is 33.8 Å². The van der Waals surface area contributed by atoms with Crippen LogP contribution in [0.4, 0.5) is 0 Å². The average Bonchev–Trinajstić information content (AvgIpc) is 3.11. The maximum absolute atomic E-state index is 13.0. The summed E-state index contributed by atoms with van der Waals surface area (Å²) in [5.41, 5.74) is 1.51. The number of methoxy groups -OCH3 is 2. The van der Waals surface area contributed by atoms with Crippen molar-refractivity contribution in [3.05, 3.63) is 59.2 Å². The number of likely N-dealkylation sites (N-methyl/N-ethyl adjacent to an activating group) is 1. The molecule has 1 fully saturated rings. The van der Waals surface area contributed by atoms with Crippen molar-refractivity contribution in [2.24, 2.45) is 0 Å². The number of aromatic hydroxyl groups is 1. The Bertz CT molecular complexity index is 894. The summed E-state index contributed by atoms with van der Waals surface area (Å²) in [5, 5.41) is 21.0. The highest BCUT2D eigenvalue weighted by atomic mass is 16.5. The Morgan fingerprint density at radius 1 is 1.21 bits per heavy atom. The summed E-state index contributed by atoms with van der Waals surface area (Å²) in [6.45, 7) is 0.731. The molecule has 0 aliphatic carbocycles. The van der Waals surface area contributed by atoms with Gasteiger partial charge in [-0.25, -0.2) is 0 Å². The summed E-state index contributed by atoms with van der Waals surface area (Å²) in [6, 6.07) is 10.9. The zero-order valence-corrected chi connectivity index (χ0v) is 17.0. The van der Waals surface area contributed by atoms with Gasteiger partial charge in [0.1, 0.15) is 22.8 Å². The molecule has 6 heteroatoms. The number of allylic oxidation sites excluding steroid dienone is 1. The molecule has 0 amide bonds. The van der Waals surface area contributed by atoms with Gasteiger partial charge in [0.05, 0.1) is 20.8 Å². The molecule has 2 unspecified atom stereocenters. The van der Waals surface area contributed by atoms with E-state index in [4.69, 9.17) is 9.47 Å². The molecule has 29 heavy (non-hydrogen) atoms. The lowest BCUT2D eigenvalue weighted by atomic mass is 9.87. The van der Waals surface area contributed by atoms with Crippen LogP contribution in [0.25, 0.3) is 6.08 Å². The molecular formula is C23H27NO5. The van der Waals surface area contributed by atoms with E-state index in [-0.39, 0.29) is 41.4 Å². The first-order chi connectivity index (χ1) is 14.0. The fourth-order valence-corrected chi connectivity index (χ4v) is 3.99. The lowest BCUT2D eigenvalue weighted by molar-refractivity contribution is 0.104. The second-order valence-electron chi connectivity index (χ2n) is 7.15. The lowest BCUT2D eigenvalue weighted by Crippen LogP contribution is -2.32. The van der Waals surface area contributed by atoms with Gasteiger partial charge in [0.2, 0.25) is 0 Å². The van der Waals surface area contributed by atoms with Crippen LogP contribution >= 0.6 is 0 Å². The van der Waals surface area contributed by atoms with E-state index in [1.807, 2.05) is 42.3 Å². The average molecular weight is 397 g/mol. The molecule has 2 aromatic rings. The molecule has 2 atom stereocenters. The van der Waals surface area contributed by atoms with Gasteiger partial charge in [-0.05, 0) is 31.7 Å².